The molecule has 0 saturated heterocycles. The zero-order chi connectivity index (χ0) is 21.0. The van der Waals surface area contributed by atoms with Crippen molar-refractivity contribution in [2.24, 2.45) is 0 Å². The summed E-state index contributed by atoms with van der Waals surface area (Å²) in [6, 6.07) is 9.90. The number of aromatic amines is 1. The highest BCUT2D eigenvalue weighted by Gasteiger charge is 2.15. The third-order valence-corrected chi connectivity index (χ3v) is 5.48. The highest BCUT2D eigenvalue weighted by molar-refractivity contribution is 7.98. The molecule has 152 valence electrons. The van der Waals surface area contributed by atoms with Crippen molar-refractivity contribution in [1.29, 1.82) is 0 Å². The zero-order valence-corrected chi connectivity index (χ0v) is 17.9. The molecule has 0 fully saturated rings. The van der Waals surface area contributed by atoms with Gasteiger partial charge < -0.3 is 10.3 Å². The van der Waals surface area contributed by atoms with Crippen molar-refractivity contribution in [3.63, 3.8) is 0 Å². The minimum Gasteiger partial charge on any atom is -0.352 e. The van der Waals surface area contributed by atoms with Crippen molar-refractivity contribution in [3.05, 3.63) is 68.9 Å². The fourth-order valence-electron chi connectivity index (χ4n) is 3.24. The van der Waals surface area contributed by atoms with E-state index in [0.29, 0.717) is 29.4 Å². The fraction of sp³-hybridized carbons (Fsp3) is 0.333. The van der Waals surface area contributed by atoms with Crippen LogP contribution in [0.15, 0.2) is 40.3 Å². The molecule has 0 bridgehead atoms. The van der Waals surface area contributed by atoms with Gasteiger partial charge in [0.05, 0.1) is 11.4 Å². The summed E-state index contributed by atoms with van der Waals surface area (Å²) in [5.41, 5.74) is 4.92. The summed E-state index contributed by atoms with van der Waals surface area (Å²) in [7, 11) is 0. The molecule has 1 aromatic carbocycles. The van der Waals surface area contributed by atoms with Crippen molar-refractivity contribution in [1.82, 2.24) is 25.1 Å². The summed E-state index contributed by atoms with van der Waals surface area (Å²) >= 11 is 1.39. The van der Waals surface area contributed by atoms with E-state index in [1.807, 2.05) is 55.1 Å². The highest BCUT2D eigenvalue weighted by atomic mass is 32.2. The van der Waals surface area contributed by atoms with Crippen molar-refractivity contribution >= 4 is 17.7 Å². The van der Waals surface area contributed by atoms with Crippen LogP contribution in [-0.4, -0.2) is 31.9 Å². The van der Waals surface area contributed by atoms with Gasteiger partial charge in [-0.15, -0.1) is 0 Å². The van der Waals surface area contributed by atoms with Crippen molar-refractivity contribution in [3.8, 4) is 5.69 Å². The van der Waals surface area contributed by atoms with E-state index < -0.39 is 0 Å². The van der Waals surface area contributed by atoms with Gasteiger partial charge in [-0.05, 0) is 45.6 Å². The van der Waals surface area contributed by atoms with E-state index in [2.05, 4.69) is 20.4 Å². The van der Waals surface area contributed by atoms with Crippen LogP contribution >= 0.6 is 11.8 Å². The van der Waals surface area contributed by atoms with Gasteiger partial charge in [-0.2, -0.15) is 5.10 Å². The van der Waals surface area contributed by atoms with E-state index in [0.717, 1.165) is 22.6 Å². The predicted octanol–water partition coefficient (Wildman–Crippen LogP) is 2.85. The van der Waals surface area contributed by atoms with Crippen LogP contribution in [0.25, 0.3) is 5.69 Å². The maximum absolute atomic E-state index is 12.4. The molecular formula is C21H25N5O2S. The summed E-state index contributed by atoms with van der Waals surface area (Å²) in [4.78, 5) is 31.6. The van der Waals surface area contributed by atoms with Crippen LogP contribution in [0.2, 0.25) is 0 Å². The molecule has 2 N–H and O–H groups in total. The molecule has 2 aromatic heterocycles. The number of benzene rings is 1. The SMILES string of the molecule is CSc1nc(C)c(CCC(=O)NCc2c(C)nn(-c3ccccc3)c2C)c(=O)[nH]1. The molecule has 0 aliphatic carbocycles. The molecule has 0 aliphatic heterocycles. The number of aryl methyl sites for hydroxylation is 2. The van der Waals surface area contributed by atoms with Crippen LogP contribution in [0.5, 0.6) is 0 Å². The molecule has 2 heterocycles. The number of rotatable bonds is 7. The summed E-state index contributed by atoms with van der Waals surface area (Å²) in [6.45, 7) is 6.14. The summed E-state index contributed by atoms with van der Waals surface area (Å²) < 4.78 is 1.89. The molecule has 8 heteroatoms. The molecule has 0 radical (unpaired) electrons. The minimum atomic E-state index is -0.175. The first-order valence-electron chi connectivity index (χ1n) is 9.41. The van der Waals surface area contributed by atoms with Crippen molar-refractivity contribution in [2.45, 2.75) is 45.3 Å². The number of carbonyl (C=O) groups is 1. The Morgan fingerprint density at radius 1 is 1.14 bits per heavy atom. The number of nitrogens with one attached hydrogen (secondary N) is 2. The van der Waals surface area contributed by atoms with Crippen LogP contribution in [0.3, 0.4) is 0 Å². The quantitative estimate of drug-likeness (QED) is 0.461. The summed E-state index contributed by atoms with van der Waals surface area (Å²) in [5.74, 6) is -0.107. The standard InChI is InChI=1S/C21H25N5O2S/c1-13-17(20(28)24-21(23-13)29-4)10-11-19(27)22-12-18-14(2)25-26(15(18)3)16-8-6-5-7-9-16/h5-9H,10-12H2,1-4H3,(H,22,27)(H,23,24,28). The Bertz CT molecular complexity index is 1070. The normalized spacial score (nSPS) is 10.9. The highest BCUT2D eigenvalue weighted by Crippen LogP contribution is 2.17. The van der Waals surface area contributed by atoms with Gasteiger partial charge in [0, 0.05) is 35.5 Å². The fourth-order valence-corrected chi connectivity index (χ4v) is 3.66. The van der Waals surface area contributed by atoms with E-state index in [1.165, 1.54) is 11.8 Å². The van der Waals surface area contributed by atoms with Gasteiger partial charge in [-0.25, -0.2) is 9.67 Å². The zero-order valence-electron chi connectivity index (χ0n) is 17.1. The molecule has 0 spiro atoms. The lowest BCUT2D eigenvalue weighted by Crippen LogP contribution is -2.25. The Morgan fingerprint density at radius 2 is 1.86 bits per heavy atom. The van der Waals surface area contributed by atoms with Gasteiger partial charge in [0.25, 0.3) is 5.56 Å². The van der Waals surface area contributed by atoms with Gasteiger partial charge in [0.15, 0.2) is 5.16 Å². The van der Waals surface area contributed by atoms with E-state index in [9.17, 15) is 9.59 Å². The molecule has 0 aliphatic rings. The monoisotopic (exact) mass is 411 g/mol. The second-order valence-corrected chi connectivity index (χ2v) is 7.61. The Hall–Kier alpha value is -2.87. The van der Waals surface area contributed by atoms with Crippen LogP contribution in [0.1, 0.15) is 34.6 Å². The largest absolute Gasteiger partial charge is 0.352 e. The molecule has 3 rings (SSSR count). The molecule has 0 saturated carbocycles. The molecule has 3 aromatic rings. The van der Waals surface area contributed by atoms with Gasteiger partial charge >= 0.3 is 0 Å². The van der Waals surface area contributed by atoms with Crippen LogP contribution in [-0.2, 0) is 17.8 Å². The second-order valence-electron chi connectivity index (χ2n) is 6.81. The minimum absolute atomic E-state index is 0.107. The number of H-pyrrole nitrogens is 1. The third kappa shape index (κ3) is 4.76. The Morgan fingerprint density at radius 3 is 2.52 bits per heavy atom. The first-order chi connectivity index (χ1) is 13.9. The Labute approximate surface area is 174 Å². The number of hydrogen-bond acceptors (Lipinski definition) is 5. The van der Waals surface area contributed by atoms with E-state index in [1.54, 1.807) is 6.92 Å². The lowest BCUT2D eigenvalue weighted by molar-refractivity contribution is -0.121. The first kappa shape index (κ1) is 20.9. The predicted molar refractivity (Wildman–Crippen MR) is 115 cm³/mol. The molecule has 29 heavy (non-hydrogen) atoms. The van der Waals surface area contributed by atoms with Gasteiger partial charge in [0.2, 0.25) is 5.91 Å². The summed E-state index contributed by atoms with van der Waals surface area (Å²) in [5, 5.41) is 8.13. The second kappa shape index (κ2) is 9.09. The molecular weight excluding hydrogens is 386 g/mol. The molecule has 0 atom stereocenters. The number of nitrogens with zero attached hydrogens (tertiary/aromatic N) is 3. The molecule has 7 nitrogen and oxygen atoms in total. The lowest BCUT2D eigenvalue weighted by Gasteiger charge is -2.08. The van der Waals surface area contributed by atoms with Gasteiger partial charge in [-0.1, -0.05) is 30.0 Å². The Kier molecular flexibility index (Phi) is 6.53. The molecule has 1 amide bonds. The van der Waals surface area contributed by atoms with Crippen LogP contribution < -0.4 is 10.9 Å². The summed E-state index contributed by atoms with van der Waals surface area (Å²) in [6.07, 6.45) is 2.44. The average Bonchev–Trinajstić information content (AvgIpc) is 2.99. The lowest BCUT2D eigenvalue weighted by atomic mass is 10.1. The maximum Gasteiger partial charge on any atom is 0.254 e. The van der Waals surface area contributed by atoms with Crippen molar-refractivity contribution < 1.29 is 4.79 Å². The van der Waals surface area contributed by atoms with Gasteiger partial charge in [-0.3, -0.25) is 9.59 Å². The number of carbonyl (C=O) groups excluding carboxylic acids is 1. The number of aromatic nitrogens is 4. The average molecular weight is 412 g/mol. The first-order valence-corrected chi connectivity index (χ1v) is 10.6. The number of thioether (sulfide) groups is 1. The van der Waals surface area contributed by atoms with Crippen LogP contribution in [0, 0.1) is 20.8 Å². The van der Waals surface area contributed by atoms with Crippen LogP contribution in [0.4, 0.5) is 0 Å². The Balaban J connectivity index is 1.63. The van der Waals surface area contributed by atoms with Crippen molar-refractivity contribution in [2.75, 3.05) is 6.26 Å². The number of hydrogen-bond donors (Lipinski definition) is 2. The number of para-hydroxylation sites is 1. The topological polar surface area (TPSA) is 92.7 Å². The molecule has 0 unspecified atom stereocenters. The smallest absolute Gasteiger partial charge is 0.254 e. The third-order valence-electron chi connectivity index (χ3n) is 4.90. The maximum atomic E-state index is 12.4. The van der Waals surface area contributed by atoms with E-state index >= 15 is 0 Å². The number of amides is 1. The van der Waals surface area contributed by atoms with Gasteiger partial charge in [0.1, 0.15) is 0 Å². The van der Waals surface area contributed by atoms with E-state index in [-0.39, 0.29) is 17.9 Å². The van der Waals surface area contributed by atoms with E-state index in [4.69, 9.17) is 0 Å².